The number of halogens is 1. The minimum atomic E-state index is -0.493. The fourth-order valence-electron chi connectivity index (χ4n) is 2.09. The van der Waals surface area contributed by atoms with E-state index in [4.69, 9.17) is 4.74 Å². The number of aromatic amines is 1. The molecule has 1 atom stereocenters. The van der Waals surface area contributed by atoms with E-state index in [2.05, 4.69) is 31.3 Å². The Bertz CT molecular complexity index is 455. The summed E-state index contributed by atoms with van der Waals surface area (Å²) in [6.45, 7) is 6.33. The Hall–Kier alpha value is -1.08. The molecule has 6 nitrogen and oxygen atoms in total. The van der Waals surface area contributed by atoms with Gasteiger partial charge < -0.3 is 9.72 Å². The fraction of sp³-hybridized carbons (Fsp3) is 0.667. The summed E-state index contributed by atoms with van der Waals surface area (Å²) in [5.41, 5.74) is 2.30. The molecule has 0 aromatic carbocycles. The number of ether oxygens (including phenoxy) is 1. The van der Waals surface area contributed by atoms with Crippen molar-refractivity contribution in [1.29, 1.82) is 0 Å². The predicted molar refractivity (Wildman–Crippen MR) is 74.3 cm³/mol. The van der Waals surface area contributed by atoms with Crippen LogP contribution >= 0.6 is 15.9 Å². The van der Waals surface area contributed by atoms with E-state index in [1.165, 1.54) is 0 Å². The first-order valence-corrected chi connectivity index (χ1v) is 7.11. The van der Waals surface area contributed by atoms with E-state index in [0.717, 1.165) is 29.8 Å². The SMILES string of the molecule is CC(C)(C)OC(=O)NN1CCC[C@H]1c1ncc(Br)[nH]1. The summed E-state index contributed by atoms with van der Waals surface area (Å²) in [4.78, 5) is 19.2. The van der Waals surface area contributed by atoms with Crippen LogP contribution in [0.3, 0.4) is 0 Å². The summed E-state index contributed by atoms with van der Waals surface area (Å²) in [6, 6.07) is 0.0684. The standard InChI is InChI=1S/C12H19BrN4O2/c1-12(2,3)19-11(18)16-17-6-4-5-8(17)10-14-7-9(13)15-10/h7-8H,4-6H2,1-3H3,(H,14,15)(H,16,18)/t8-/m0/s1. The van der Waals surface area contributed by atoms with E-state index < -0.39 is 11.7 Å². The summed E-state index contributed by atoms with van der Waals surface area (Å²) in [7, 11) is 0. The highest BCUT2D eigenvalue weighted by Gasteiger charge is 2.30. The van der Waals surface area contributed by atoms with Crippen molar-refractivity contribution in [2.45, 2.75) is 45.3 Å². The third-order valence-electron chi connectivity index (χ3n) is 2.77. The number of rotatable bonds is 2. The number of nitrogens with one attached hydrogen (secondary N) is 2. The first kappa shape index (κ1) is 14.3. The van der Waals surface area contributed by atoms with E-state index >= 15 is 0 Å². The number of hydrogen-bond acceptors (Lipinski definition) is 4. The molecule has 1 aliphatic rings. The second-order valence-corrected chi connectivity index (χ2v) is 6.44. The molecule has 2 heterocycles. The third kappa shape index (κ3) is 3.94. The molecule has 1 aliphatic heterocycles. The van der Waals surface area contributed by atoms with E-state index in [1.807, 2.05) is 25.8 Å². The molecule has 1 saturated heterocycles. The number of carbonyl (C=O) groups is 1. The van der Waals surface area contributed by atoms with Gasteiger partial charge in [-0.1, -0.05) is 0 Å². The quantitative estimate of drug-likeness (QED) is 0.874. The second-order valence-electron chi connectivity index (χ2n) is 5.58. The Morgan fingerprint density at radius 2 is 2.37 bits per heavy atom. The zero-order valence-electron chi connectivity index (χ0n) is 11.4. The van der Waals surface area contributed by atoms with Crippen LogP contribution in [0.4, 0.5) is 4.79 Å². The smallest absolute Gasteiger partial charge is 0.422 e. The summed E-state index contributed by atoms with van der Waals surface area (Å²) >= 11 is 3.34. The van der Waals surface area contributed by atoms with Gasteiger partial charge in [0.1, 0.15) is 16.0 Å². The number of hydrazine groups is 1. The topological polar surface area (TPSA) is 70.2 Å². The number of carbonyl (C=O) groups excluding carboxylic acids is 1. The van der Waals surface area contributed by atoms with Crippen LogP contribution in [0.15, 0.2) is 10.8 Å². The lowest BCUT2D eigenvalue weighted by molar-refractivity contribution is 0.0301. The monoisotopic (exact) mass is 330 g/mol. The van der Waals surface area contributed by atoms with Gasteiger partial charge in [-0.05, 0) is 49.5 Å². The molecule has 0 aliphatic carbocycles. The van der Waals surface area contributed by atoms with Gasteiger partial charge in [-0.2, -0.15) is 0 Å². The largest absolute Gasteiger partial charge is 0.443 e. The van der Waals surface area contributed by atoms with Gasteiger partial charge in [0, 0.05) is 6.54 Å². The van der Waals surface area contributed by atoms with Gasteiger partial charge in [0.05, 0.1) is 12.2 Å². The lowest BCUT2D eigenvalue weighted by atomic mass is 10.2. The molecule has 2 rings (SSSR count). The van der Waals surface area contributed by atoms with Gasteiger partial charge in [0.25, 0.3) is 0 Å². The van der Waals surface area contributed by atoms with E-state index in [9.17, 15) is 4.79 Å². The number of imidazole rings is 1. The summed E-state index contributed by atoms with van der Waals surface area (Å²) in [5, 5.41) is 1.87. The molecule has 106 valence electrons. The van der Waals surface area contributed by atoms with E-state index in [1.54, 1.807) is 6.20 Å². The molecule has 2 N–H and O–H groups in total. The maximum absolute atomic E-state index is 11.8. The minimum absolute atomic E-state index is 0.0684. The lowest BCUT2D eigenvalue weighted by Crippen LogP contribution is -2.44. The van der Waals surface area contributed by atoms with Crippen molar-refractivity contribution >= 4 is 22.0 Å². The highest BCUT2D eigenvalue weighted by molar-refractivity contribution is 9.10. The first-order chi connectivity index (χ1) is 8.85. The molecule has 0 spiro atoms. The Morgan fingerprint density at radius 1 is 1.63 bits per heavy atom. The molecular weight excluding hydrogens is 312 g/mol. The van der Waals surface area contributed by atoms with Gasteiger partial charge in [-0.25, -0.2) is 14.8 Å². The van der Waals surface area contributed by atoms with Crippen LogP contribution in [0.5, 0.6) is 0 Å². The maximum atomic E-state index is 11.8. The molecule has 1 aromatic rings. The van der Waals surface area contributed by atoms with Crippen molar-refractivity contribution in [3.63, 3.8) is 0 Å². The first-order valence-electron chi connectivity index (χ1n) is 6.32. The zero-order chi connectivity index (χ0) is 14.0. The molecular formula is C12H19BrN4O2. The third-order valence-corrected chi connectivity index (χ3v) is 3.17. The normalized spacial score (nSPS) is 20.5. The molecule has 19 heavy (non-hydrogen) atoms. The molecule has 0 bridgehead atoms. The zero-order valence-corrected chi connectivity index (χ0v) is 13.0. The molecule has 7 heteroatoms. The Balaban J connectivity index is 1.98. The molecule has 0 radical (unpaired) electrons. The molecule has 1 amide bonds. The molecule has 0 saturated carbocycles. The van der Waals surface area contributed by atoms with Crippen molar-refractivity contribution in [3.05, 3.63) is 16.6 Å². The van der Waals surface area contributed by atoms with Gasteiger partial charge in [0.2, 0.25) is 0 Å². The van der Waals surface area contributed by atoms with Crippen molar-refractivity contribution < 1.29 is 9.53 Å². The molecule has 0 unspecified atom stereocenters. The van der Waals surface area contributed by atoms with Crippen LogP contribution in [0.2, 0.25) is 0 Å². The number of amides is 1. The Morgan fingerprint density at radius 3 is 2.95 bits per heavy atom. The highest BCUT2D eigenvalue weighted by atomic mass is 79.9. The Labute approximate surface area is 121 Å². The fourth-order valence-corrected chi connectivity index (χ4v) is 2.39. The average molecular weight is 331 g/mol. The van der Waals surface area contributed by atoms with E-state index in [0.29, 0.717) is 0 Å². The maximum Gasteiger partial charge on any atom is 0.422 e. The van der Waals surface area contributed by atoms with Gasteiger partial charge in [-0.15, -0.1) is 0 Å². The number of nitrogens with zero attached hydrogens (tertiary/aromatic N) is 2. The summed E-state index contributed by atoms with van der Waals surface area (Å²) in [6.07, 6.45) is 3.26. The van der Waals surface area contributed by atoms with Crippen molar-refractivity contribution in [2.24, 2.45) is 0 Å². The van der Waals surface area contributed by atoms with Crippen LogP contribution in [0.25, 0.3) is 0 Å². The number of hydrogen-bond donors (Lipinski definition) is 2. The van der Waals surface area contributed by atoms with Gasteiger partial charge >= 0.3 is 6.09 Å². The average Bonchev–Trinajstić information content (AvgIpc) is 2.83. The van der Waals surface area contributed by atoms with Crippen LogP contribution in [0.1, 0.15) is 45.5 Å². The number of aromatic nitrogens is 2. The number of H-pyrrole nitrogens is 1. The lowest BCUT2D eigenvalue weighted by Gasteiger charge is -2.26. The predicted octanol–water partition coefficient (Wildman–Crippen LogP) is 2.75. The molecule has 1 fully saturated rings. The summed E-state index contributed by atoms with van der Waals surface area (Å²) in [5.74, 6) is 0.848. The second kappa shape index (κ2) is 5.50. The van der Waals surface area contributed by atoms with Crippen molar-refractivity contribution in [1.82, 2.24) is 20.4 Å². The van der Waals surface area contributed by atoms with Crippen LogP contribution < -0.4 is 5.43 Å². The highest BCUT2D eigenvalue weighted by Crippen LogP contribution is 2.29. The minimum Gasteiger partial charge on any atom is -0.443 e. The van der Waals surface area contributed by atoms with E-state index in [-0.39, 0.29) is 6.04 Å². The van der Waals surface area contributed by atoms with Crippen LogP contribution in [-0.4, -0.2) is 33.2 Å². The Kier molecular flexibility index (Phi) is 4.15. The molecule has 1 aromatic heterocycles. The van der Waals surface area contributed by atoms with Crippen LogP contribution in [-0.2, 0) is 4.74 Å². The van der Waals surface area contributed by atoms with Crippen LogP contribution in [0, 0.1) is 0 Å². The van der Waals surface area contributed by atoms with Gasteiger partial charge in [0.15, 0.2) is 0 Å². The summed E-state index contributed by atoms with van der Waals surface area (Å²) < 4.78 is 6.10. The van der Waals surface area contributed by atoms with Crippen molar-refractivity contribution in [2.75, 3.05) is 6.54 Å². The van der Waals surface area contributed by atoms with Gasteiger partial charge in [-0.3, -0.25) is 5.43 Å². The van der Waals surface area contributed by atoms with Crippen molar-refractivity contribution in [3.8, 4) is 0 Å².